The van der Waals surface area contributed by atoms with Crippen molar-refractivity contribution in [3.8, 4) is 16.9 Å². The number of hydrogen-bond donors (Lipinski definition) is 4. The van der Waals surface area contributed by atoms with E-state index < -0.39 is 11.8 Å². The van der Waals surface area contributed by atoms with Gasteiger partial charge in [-0.3, -0.25) is 24.7 Å². The standard InChI is InChI=1S/C26H24FN7O3/c27-19-3-1-2-16(8-19)17-9-20(13-29-11-17)32-26(36)24-23(15-31-34-24)33-25(35)18-10-22(14-30-12-18)37-21-4-6-28-7-5-21/h1-3,8-15,21,28H,4-7H2,(H,31,34)(H,32,36)(H,33,35). The second kappa shape index (κ2) is 11.0. The monoisotopic (exact) mass is 501 g/mol. The number of hydrogen-bond acceptors (Lipinski definition) is 7. The molecule has 37 heavy (non-hydrogen) atoms. The number of H-pyrrole nitrogens is 1. The summed E-state index contributed by atoms with van der Waals surface area (Å²) in [6.45, 7) is 1.77. The van der Waals surface area contributed by atoms with Crippen LogP contribution in [0.2, 0.25) is 0 Å². The molecule has 0 spiro atoms. The van der Waals surface area contributed by atoms with Crippen LogP contribution in [-0.4, -0.2) is 51.2 Å². The minimum absolute atomic E-state index is 0.0143. The number of nitrogens with one attached hydrogen (secondary N) is 4. The van der Waals surface area contributed by atoms with Gasteiger partial charge in [0.25, 0.3) is 11.8 Å². The lowest BCUT2D eigenvalue weighted by atomic mass is 10.1. The van der Waals surface area contributed by atoms with Crippen molar-refractivity contribution >= 4 is 23.2 Å². The number of ether oxygens (including phenoxy) is 1. The summed E-state index contributed by atoms with van der Waals surface area (Å²) in [6, 6.07) is 9.36. The molecule has 3 aromatic heterocycles. The van der Waals surface area contributed by atoms with Crippen LogP contribution in [0.3, 0.4) is 0 Å². The number of rotatable bonds is 7. The van der Waals surface area contributed by atoms with Crippen LogP contribution in [0.5, 0.6) is 5.75 Å². The molecule has 1 aliphatic rings. The fraction of sp³-hybridized carbons (Fsp3) is 0.192. The number of amides is 2. The van der Waals surface area contributed by atoms with Crippen molar-refractivity contribution in [1.82, 2.24) is 25.5 Å². The molecule has 4 N–H and O–H groups in total. The first-order chi connectivity index (χ1) is 18.0. The number of aromatic amines is 1. The quantitative estimate of drug-likeness (QED) is 0.304. The normalized spacial score (nSPS) is 13.6. The van der Waals surface area contributed by atoms with Crippen LogP contribution in [0.4, 0.5) is 15.8 Å². The van der Waals surface area contributed by atoms with E-state index in [1.807, 2.05) is 0 Å². The zero-order valence-electron chi connectivity index (χ0n) is 19.7. The molecule has 0 saturated carbocycles. The van der Waals surface area contributed by atoms with Gasteiger partial charge in [0.15, 0.2) is 5.69 Å². The minimum atomic E-state index is -0.559. The molecule has 0 radical (unpaired) electrons. The Morgan fingerprint density at radius 3 is 2.62 bits per heavy atom. The number of benzene rings is 1. The number of halogens is 1. The lowest BCUT2D eigenvalue weighted by Crippen LogP contribution is -2.34. The Bertz CT molecular complexity index is 1420. The summed E-state index contributed by atoms with van der Waals surface area (Å²) in [4.78, 5) is 34.1. The van der Waals surface area contributed by atoms with Gasteiger partial charge in [-0.05, 0) is 55.8 Å². The molecule has 2 amide bonds. The number of anilines is 2. The predicted molar refractivity (Wildman–Crippen MR) is 135 cm³/mol. The Kier molecular flexibility index (Phi) is 7.13. The molecule has 1 saturated heterocycles. The number of pyridine rings is 2. The lowest BCUT2D eigenvalue weighted by molar-refractivity contribution is 0.102. The fourth-order valence-corrected chi connectivity index (χ4v) is 3.99. The highest BCUT2D eigenvalue weighted by Gasteiger charge is 2.20. The van der Waals surface area contributed by atoms with E-state index in [9.17, 15) is 14.0 Å². The number of nitrogens with zero attached hydrogens (tertiary/aromatic N) is 3. The van der Waals surface area contributed by atoms with E-state index in [-0.39, 0.29) is 28.9 Å². The highest BCUT2D eigenvalue weighted by atomic mass is 19.1. The second-order valence-corrected chi connectivity index (χ2v) is 8.50. The molecule has 11 heteroatoms. The summed E-state index contributed by atoms with van der Waals surface area (Å²) in [5.41, 5.74) is 2.11. The Hall–Kier alpha value is -4.64. The molecule has 0 bridgehead atoms. The SMILES string of the molecule is O=C(Nc1c[nH]nc1C(=O)Nc1cncc(-c2cccc(F)c2)c1)c1cncc(OC2CCNCC2)c1. The third-order valence-corrected chi connectivity index (χ3v) is 5.82. The molecule has 5 rings (SSSR count). The zero-order chi connectivity index (χ0) is 25.6. The Morgan fingerprint density at radius 1 is 0.946 bits per heavy atom. The molecular weight excluding hydrogens is 477 g/mol. The van der Waals surface area contributed by atoms with Gasteiger partial charge in [0, 0.05) is 24.2 Å². The molecule has 4 heterocycles. The first kappa shape index (κ1) is 24.1. The van der Waals surface area contributed by atoms with E-state index >= 15 is 0 Å². The summed E-state index contributed by atoms with van der Waals surface area (Å²) in [6.07, 6.45) is 9.27. The second-order valence-electron chi connectivity index (χ2n) is 8.50. The van der Waals surface area contributed by atoms with Gasteiger partial charge in [0.2, 0.25) is 0 Å². The van der Waals surface area contributed by atoms with E-state index in [1.54, 1.807) is 36.7 Å². The van der Waals surface area contributed by atoms with Crippen molar-refractivity contribution in [3.05, 3.63) is 84.5 Å². The van der Waals surface area contributed by atoms with Gasteiger partial charge >= 0.3 is 0 Å². The maximum atomic E-state index is 13.6. The van der Waals surface area contributed by atoms with Gasteiger partial charge in [-0.2, -0.15) is 5.10 Å². The largest absolute Gasteiger partial charge is 0.489 e. The van der Waals surface area contributed by atoms with Crippen molar-refractivity contribution in [2.45, 2.75) is 18.9 Å². The van der Waals surface area contributed by atoms with E-state index in [4.69, 9.17) is 4.74 Å². The van der Waals surface area contributed by atoms with Crippen molar-refractivity contribution in [2.75, 3.05) is 23.7 Å². The summed E-state index contributed by atoms with van der Waals surface area (Å²) in [5.74, 6) is -0.887. The molecule has 1 aliphatic heterocycles. The third-order valence-electron chi connectivity index (χ3n) is 5.82. The maximum absolute atomic E-state index is 13.6. The number of aromatic nitrogens is 4. The van der Waals surface area contributed by atoms with Crippen LogP contribution < -0.4 is 20.7 Å². The van der Waals surface area contributed by atoms with Gasteiger partial charge < -0.3 is 20.7 Å². The first-order valence-corrected chi connectivity index (χ1v) is 11.7. The van der Waals surface area contributed by atoms with Gasteiger partial charge in [-0.25, -0.2) is 4.39 Å². The molecule has 4 aromatic rings. The summed E-state index contributed by atoms with van der Waals surface area (Å²) >= 11 is 0. The smallest absolute Gasteiger partial charge is 0.278 e. The Balaban J connectivity index is 1.26. The Labute approximate surface area is 211 Å². The molecule has 0 atom stereocenters. The molecule has 10 nitrogen and oxygen atoms in total. The van der Waals surface area contributed by atoms with E-state index in [1.165, 1.54) is 30.7 Å². The average Bonchev–Trinajstić information content (AvgIpc) is 3.38. The summed E-state index contributed by atoms with van der Waals surface area (Å²) < 4.78 is 19.6. The van der Waals surface area contributed by atoms with Crippen molar-refractivity contribution in [2.24, 2.45) is 0 Å². The van der Waals surface area contributed by atoms with Gasteiger partial charge in [-0.1, -0.05) is 12.1 Å². The molecule has 0 aliphatic carbocycles. The number of carbonyl (C=O) groups excluding carboxylic acids is 2. The molecule has 1 aromatic carbocycles. The van der Waals surface area contributed by atoms with E-state index in [0.717, 1.165) is 25.9 Å². The molecule has 0 unspecified atom stereocenters. The van der Waals surface area contributed by atoms with Crippen LogP contribution in [-0.2, 0) is 0 Å². The minimum Gasteiger partial charge on any atom is -0.489 e. The van der Waals surface area contributed by atoms with Crippen molar-refractivity contribution < 1.29 is 18.7 Å². The maximum Gasteiger partial charge on any atom is 0.278 e. The first-order valence-electron chi connectivity index (χ1n) is 11.7. The highest BCUT2D eigenvalue weighted by Crippen LogP contribution is 2.23. The fourth-order valence-electron chi connectivity index (χ4n) is 3.99. The van der Waals surface area contributed by atoms with Crippen LogP contribution in [0, 0.1) is 5.82 Å². The van der Waals surface area contributed by atoms with Gasteiger partial charge in [0.05, 0.1) is 29.3 Å². The number of carbonyl (C=O) groups is 2. The van der Waals surface area contributed by atoms with Crippen molar-refractivity contribution in [3.63, 3.8) is 0 Å². The summed E-state index contributed by atoms with van der Waals surface area (Å²) in [7, 11) is 0. The topological polar surface area (TPSA) is 134 Å². The van der Waals surface area contributed by atoms with Crippen LogP contribution >= 0.6 is 0 Å². The van der Waals surface area contributed by atoms with Gasteiger partial charge in [-0.15, -0.1) is 0 Å². The van der Waals surface area contributed by atoms with Crippen molar-refractivity contribution in [1.29, 1.82) is 0 Å². The van der Waals surface area contributed by atoms with E-state index in [2.05, 4.69) is 36.1 Å². The Morgan fingerprint density at radius 2 is 1.78 bits per heavy atom. The highest BCUT2D eigenvalue weighted by molar-refractivity contribution is 6.11. The van der Waals surface area contributed by atoms with Gasteiger partial charge in [0.1, 0.15) is 17.7 Å². The molecule has 1 fully saturated rings. The van der Waals surface area contributed by atoms with Crippen LogP contribution in [0.1, 0.15) is 33.7 Å². The molecular formula is C26H24FN7O3. The van der Waals surface area contributed by atoms with Crippen LogP contribution in [0.15, 0.2) is 67.4 Å². The average molecular weight is 502 g/mol. The predicted octanol–water partition coefficient (Wildman–Crippen LogP) is 3.64. The molecule has 188 valence electrons. The zero-order valence-corrected chi connectivity index (χ0v) is 19.7. The van der Waals surface area contributed by atoms with E-state index in [0.29, 0.717) is 22.6 Å². The lowest BCUT2D eigenvalue weighted by Gasteiger charge is -2.23. The third kappa shape index (κ3) is 5.96. The summed E-state index contributed by atoms with van der Waals surface area (Å²) in [5, 5.41) is 15.3. The number of piperidine rings is 1. The van der Waals surface area contributed by atoms with Crippen LogP contribution in [0.25, 0.3) is 11.1 Å².